The van der Waals surface area contributed by atoms with E-state index in [0.29, 0.717) is 0 Å². The summed E-state index contributed by atoms with van der Waals surface area (Å²) in [4.78, 5) is 0. The standard InChI is InChI=1S/C14H20Cl2N2/c1-4-5-18-13(12(16)9-17-18)10-6-11(15)8-14(2,3)7-10/h6,9,11H,4-5,7-8H2,1-3H3. The van der Waals surface area contributed by atoms with Gasteiger partial charge in [0.25, 0.3) is 0 Å². The third-order valence-electron chi connectivity index (χ3n) is 3.33. The number of aromatic nitrogens is 2. The van der Waals surface area contributed by atoms with Crippen molar-refractivity contribution in [2.24, 2.45) is 5.41 Å². The molecule has 0 N–H and O–H groups in total. The Morgan fingerprint density at radius 1 is 1.50 bits per heavy atom. The fraction of sp³-hybridized carbons (Fsp3) is 0.643. The van der Waals surface area contributed by atoms with Crippen LogP contribution in [0.3, 0.4) is 0 Å². The molecular formula is C14H20Cl2N2. The van der Waals surface area contributed by atoms with Crippen molar-refractivity contribution in [3.63, 3.8) is 0 Å². The van der Waals surface area contributed by atoms with E-state index in [4.69, 9.17) is 23.2 Å². The number of aryl methyl sites for hydroxylation is 1. The number of hydrogen-bond acceptors (Lipinski definition) is 1. The van der Waals surface area contributed by atoms with E-state index < -0.39 is 0 Å². The first-order chi connectivity index (χ1) is 8.43. The van der Waals surface area contributed by atoms with Crippen LogP contribution in [0.25, 0.3) is 5.57 Å². The molecule has 1 aromatic heterocycles. The summed E-state index contributed by atoms with van der Waals surface area (Å²) in [6, 6.07) is 0. The first-order valence-corrected chi connectivity index (χ1v) is 7.31. The van der Waals surface area contributed by atoms with Crippen molar-refractivity contribution >= 4 is 28.8 Å². The van der Waals surface area contributed by atoms with E-state index in [0.717, 1.165) is 36.5 Å². The molecule has 1 aliphatic carbocycles. The van der Waals surface area contributed by atoms with Gasteiger partial charge in [-0.05, 0) is 30.3 Å². The Kier molecular flexibility index (Phi) is 4.08. The Labute approximate surface area is 119 Å². The molecule has 100 valence electrons. The normalized spacial score (nSPS) is 22.9. The monoisotopic (exact) mass is 286 g/mol. The van der Waals surface area contributed by atoms with Gasteiger partial charge in [-0.1, -0.05) is 38.4 Å². The van der Waals surface area contributed by atoms with Crippen molar-refractivity contribution in [3.8, 4) is 0 Å². The molecule has 0 saturated carbocycles. The lowest BCUT2D eigenvalue weighted by molar-refractivity contribution is 0.339. The van der Waals surface area contributed by atoms with Crippen molar-refractivity contribution in [1.82, 2.24) is 9.78 Å². The maximum atomic E-state index is 6.35. The molecule has 1 aliphatic rings. The third kappa shape index (κ3) is 2.92. The summed E-state index contributed by atoms with van der Waals surface area (Å²) < 4.78 is 2.00. The van der Waals surface area contributed by atoms with Gasteiger partial charge in [-0.15, -0.1) is 11.6 Å². The highest BCUT2D eigenvalue weighted by molar-refractivity contribution is 6.32. The molecule has 0 aromatic carbocycles. The zero-order valence-electron chi connectivity index (χ0n) is 11.2. The molecule has 1 unspecified atom stereocenters. The van der Waals surface area contributed by atoms with Crippen LogP contribution in [0.4, 0.5) is 0 Å². The first-order valence-electron chi connectivity index (χ1n) is 6.49. The maximum absolute atomic E-state index is 6.35. The second-order valence-corrected chi connectivity index (χ2v) is 6.79. The molecule has 0 radical (unpaired) electrons. The molecule has 1 heterocycles. The summed E-state index contributed by atoms with van der Waals surface area (Å²) in [5.74, 6) is 0. The summed E-state index contributed by atoms with van der Waals surface area (Å²) in [5, 5.41) is 5.17. The number of allylic oxidation sites excluding steroid dienone is 2. The predicted molar refractivity (Wildman–Crippen MR) is 78.2 cm³/mol. The summed E-state index contributed by atoms with van der Waals surface area (Å²) >= 11 is 12.6. The van der Waals surface area contributed by atoms with Crippen molar-refractivity contribution in [1.29, 1.82) is 0 Å². The van der Waals surface area contributed by atoms with E-state index in [2.05, 4.69) is 31.9 Å². The highest BCUT2D eigenvalue weighted by atomic mass is 35.5. The molecule has 0 spiro atoms. The lowest BCUT2D eigenvalue weighted by atomic mass is 9.76. The number of rotatable bonds is 3. The predicted octanol–water partition coefficient (Wildman–Crippen LogP) is 4.76. The number of halogens is 2. The molecular weight excluding hydrogens is 267 g/mol. The molecule has 0 saturated heterocycles. The van der Waals surface area contributed by atoms with Gasteiger partial charge in [-0.25, -0.2) is 0 Å². The Morgan fingerprint density at radius 2 is 2.22 bits per heavy atom. The number of hydrogen-bond donors (Lipinski definition) is 0. The SMILES string of the molecule is CCCn1ncc(Cl)c1C1=CC(Cl)CC(C)(C)C1. The quantitative estimate of drug-likeness (QED) is 0.733. The van der Waals surface area contributed by atoms with Crippen LogP contribution in [0.5, 0.6) is 0 Å². The van der Waals surface area contributed by atoms with Gasteiger partial charge in [0.05, 0.1) is 22.3 Å². The van der Waals surface area contributed by atoms with Crippen molar-refractivity contribution < 1.29 is 0 Å². The summed E-state index contributed by atoms with van der Waals surface area (Å²) in [6.45, 7) is 7.54. The van der Waals surface area contributed by atoms with E-state index >= 15 is 0 Å². The Balaban J connectivity index is 2.39. The smallest absolute Gasteiger partial charge is 0.0862 e. The van der Waals surface area contributed by atoms with Crippen LogP contribution in [0, 0.1) is 5.41 Å². The molecule has 1 aromatic rings. The number of alkyl halides is 1. The molecule has 2 nitrogen and oxygen atoms in total. The fourth-order valence-corrected chi connectivity index (χ4v) is 3.51. The minimum Gasteiger partial charge on any atom is -0.264 e. The lowest BCUT2D eigenvalue weighted by Crippen LogP contribution is -2.22. The zero-order valence-corrected chi connectivity index (χ0v) is 12.7. The van der Waals surface area contributed by atoms with E-state index in [9.17, 15) is 0 Å². The van der Waals surface area contributed by atoms with E-state index in [1.54, 1.807) is 6.20 Å². The van der Waals surface area contributed by atoms with E-state index in [1.165, 1.54) is 5.57 Å². The van der Waals surface area contributed by atoms with Crippen LogP contribution in [-0.4, -0.2) is 15.2 Å². The van der Waals surface area contributed by atoms with Gasteiger partial charge in [0.2, 0.25) is 0 Å². The fourth-order valence-electron chi connectivity index (χ4n) is 2.68. The number of nitrogens with zero attached hydrogens (tertiary/aromatic N) is 2. The van der Waals surface area contributed by atoms with Gasteiger partial charge in [-0.3, -0.25) is 4.68 Å². The van der Waals surface area contributed by atoms with Crippen molar-refractivity contribution in [2.45, 2.75) is 52.0 Å². The minimum absolute atomic E-state index is 0.0878. The molecule has 2 rings (SSSR count). The molecule has 0 aliphatic heterocycles. The minimum atomic E-state index is 0.0878. The molecule has 0 fully saturated rings. The Morgan fingerprint density at radius 3 is 2.83 bits per heavy atom. The Bertz CT molecular complexity index is 460. The highest BCUT2D eigenvalue weighted by Crippen LogP contribution is 2.42. The average Bonchev–Trinajstić information content (AvgIpc) is 2.57. The molecule has 0 bridgehead atoms. The van der Waals surface area contributed by atoms with Gasteiger partial charge in [0.1, 0.15) is 0 Å². The van der Waals surface area contributed by atoms with Crippen LogP contribution in [0.15, 0.2) is 12.3 Å². The maximum Gasteiger partial charge on any atom is 0.0862 e. The van der Waals surface area contributed by atoms with Crippen molar-refractivity contribution in [3.05, 3.63) is 23.0 Å². The van der Waals surface area contributed by atoms with E-state index in [-0.39, 0.29) is 10.8 Å². The summed E-state index contributed by atoms with van der Waals surface area (Å²) in [7, 11) is 0. The topological polar surface area (TPSA) is 17.8 Å². The van der Waals surface area contributed by atoms with Crippen LogP contribution in [0.2, 0.25) is 5.02 Å². The Hall–Kier alpha value is -0.470. The van der Waals surface area contributed by atoms with Crippen LogP contribution >= 0.6 is 23.2 Å². The van der Waals surface area contributed by atoms with Crippen LogP contribution in [-0.2, 0) is 6.54 Å². The molecule has 1 atom stereocenters. The summed E-state index contributed by atoms with van der Waals surface area (Å²) in [6.07, 6.45) is 6.94. The highest BCUT2D eigenvalue weighted by Gasteiger charge is 2.30. The second-order valence-electron chi connectivity index (χ2n) is 5.82. The summed E-state index contributed by atoms with van der Waals surface area (Å²) in [5.41, 5.74) is 2.51. The van der Waals surface area contributed by atoms with Gasteiger partial charge in [-0.2, -0.15) is 5.10 Å². The van der Waals surface area contributed by atoms with Gasteiger partial charge in [0, 0.05) is 6.54 Å². The van der Waals surface area contributed by atoms with Crippen LogP contribution in [0.1, 0.15) is 45.7 Å². The van der Waals surface area contributed by atoms with Gasteiger partial charge in [0.15, 0.2) is 0 Å². The van der Waals surface area contributed by atoms with E-state index in [1.807, 2.05) is 4.68 Å². The molecule has 0 amide bonds. The van der Waals surface area contributed by atoms with Crippen molar-refractivity contribution in [2.75, 3.05) is 0 Å². The second kappa shape index (κ2) is 5.26. The lowest BCUT2D eigenvalue weighted by Gasteiger charge is -2.32. The van der Waals surface area contributed by atoms with Crippen LogP contribution < -0.4 is 0 Å². The average molecular weight is 287 g/mol. The zero-order chi connectivity index (χ0) is 13.3. The van der Waals surface area contributed by atoms with Gasteiger partial charge >= 0.3 is 0 Å². The molecule has 18 heavy (non-hydrogen) atoms. The molecule has 4 heteroatoms. The first kappa shape index (κ1) is 14.0. The largest absolute Gasteiger partial charge is 0.264 e. The third-order valence-corrected chi connectivity index (χ3v) is 3.89. The van der Waals surface area contributed by atoms with Gasteiger partial charge < -0.3 is 0 Å².